The summed E-state index contributed by atoms with van der Waals surface area (Å²) in [7, 11) is 0. The van der Waals surface area contributed by atoms with Crippen LogP contribution in [0.15, 0.2) is 52.7 Å². The first kappa shape index (κ1) is 11.6. The van der Waals surface area contributed by atoms with Crippen LogP contribution in [-0.2, 0) is 0 Å². The van der Waals surface area contributed by atoms with Gasteiger partial charge in [0.1, 0.15) is 11.5 Å². The molecule has 0 aliphatic carbocycles. The monoisotopic (exact) mass is 271 g/mol. The van der Waals surface area contributed by atoms with Gasteiger partial charge < -0.3 is 10.2 Å². The first-order chi connectivity index (χ1) is 9.24. The number of aromatic hydroxyl groups is 2. The second-order valence-corrected chi connectivity index (χ2v) is 4.82. The summed E-state index contributed by atoms with van der Waals surface area (Å²) < 4.78 is 1.01. The second-order valence-electron chi connectivity index (χ2n) is 3.81. The highest BCUT2D eigenvalue weighted by molar-refractivity contribution is 7.21. The number of fused-ring (bicyclic) bond motifs is 1. The second kappa shape index (κ2) is 4.66. The van der Waals surface area contributed by atoms with Gasteiger partial charge in [-0.05, 0) is 24.3 Å². The van der Waals surface area contributed by atoms with E-state index in [1.807, 2.05) is 24.3 Å². The van der Waals surface area contributed by atoms with E-state index >= 15 is 0 Å². The highest BCUT2D eigenvalue weighted by Crippen LogP contribution is 2.37. The Morgan fingerprint density at radius 2 is 1.63 bits per heavy atom. The van der Waals surface area contributed by atoms with Crippen LogP contribution in [0.5, 0.6) is 11.5 Å². The number of para-hydroxylation sites is 1. The molecule has 5 nitrogen and oxygen atoms in total. The van der Waals surface area contributed by atoms with Gasteiger partial charge in [0, 0.05) is 0 Å². The molecule has 0 amide bonds. The van der Waals surface area contributed by atoms with Crippen LogP contribution >= 0.6 is 11.3 Å². The minimum Gasteiger partial charge on any atom is -0.505 e. The maximum absolute atomic E-state index is 9.58. The van der Waals surface area contributed by atoms with Crippen molar-refractivity contribution in [3.05, 3.63) is 42.5 Å². The van der Waals surface area contributed by atoms with Crippen LogP contribution in [0.1, 0.15) is 0 Å². The van der Waals surface area contributed by atoms with Gasteiger partial charge in [0.25, 0.3) is 0 Å². The van der Waals surface area contributed by atoms with Crippen molar-refractivity contribution >= 4 is 32.4 Å². The van der Waals surface area contributed by atoms with Crippen LogP contribution in [-0.4, -0.2) is 15.2 Å². The first-order valence-corrected chi connectivity index (χ1v) is 6.34. The highest BCUT2D eigenvalue weighted by Gasteiger charge is 2.06. The Bertz CT molecular complexity index is 714. The summed E-state index contributed by atoms with van der Waals surface area (Å²) in [4.78, 5) is 4.28. The van der Waals surface area contributed by atoms with E-state index in [-0.39, 0.29) is 17.2 Å². The molecule has 2 aromatic carbocycles. The molecule has 0 unspecified atom stereocenters. The summed E-state index contributed by atoms with van der Waals surface area (Å²) in [5, 5.41) is 27.4. The Morgan fingerprint density at radius 3 is 2.37 bits per heavy atom. The van der Waals surface area contributed by atoms with E-state index in [0.717, 1.165) is 10.2 Å². The Hall–Kier alpha value is -2.47. The standard InChI is InChI=1S/C13H9N3O2S/c17-9-5-3-6-10(18)12(9)15-16-13-14-8-4-1-2-7-11(8)19-13/h1-7,17-18H. The number of hydrogen-bond acceptors (Lipinski definition) is 6. The fourth-order valence-electron chi connectivity index (χ4n) is 1.62. The molecular formula is C13H9N3O2S. The molecule has 0 fully saturated rings. The molecule has 0 aliphatic heterocycles. The minimum absolute atomic E-state index is 0.0433. The van der Waals surface area contributed by atoms with Crippen molar-refractivity contribution in [1.82, 2.24) is 4.98 Å². The zero-order chi connectivity index (χ0) is 13.2. The van der Waals surface area contributed by atoms with Gasteiger partial charge in [0.05, 0.1) is 10.2 Å². The fourth-order valence-corrected chi connectivity index (χ4v) is 2.40. The Labute approximate surface area is 112 Å². The molecule has 94 valence electrons. The van der Waals surface area contributed by atoms with Gasteiger partial charge in [-0.2, -0.15) is 0 Å². The minimum atomic E-state index is -0.120. The van der Waals surface area contributed by atoms with Crippen LogP contribution in [0.25, 0.3) is 10.2 Å². The zero-order valence-electron chi connectivity index (χ0n) is 9.69. The van der Waals surface area contributed by atoms with Crippen molar-refractivity contribution in [2.45, 2.75) is 0 Å². The summed E-state index contributed by atoms with van der Waals surface area (Å²) in [6.07, 6.45) is 0. The predicted octanol–water partition coefficient (Wildman–Crippen LogP) is 4.12. The Morgan fingerprint density at radius 1 is 0.895 bits per heavy atom. The van der Waals surface area contributed by atoms with Crippen molar-refractivity contribution in [2.75, 3.05) is 0 Å². The third kappa shape index (κ3) is 2.25. The molecule has 0 atom stereocenters. The van der Waals surface area contributed by atoms with Crippen LogP contribution in [0.3, 0.4) is 0 Å². The van der Waals surface area contributed by atoms with Gasteiger partial charge in [0.2, 0.25) is 5.13 Å². The molecule has 3 rings (SSSR count). The average Bonchev–Trinajstić information content (AvgIpc) is 2.81. The molecule has 1 aromatic heterocycles. The third-order valence-electron chi connectivity index (χ3n) is 2.51. The lowest BCUT2D eigenvalue weighted by molar-refractivity contribution is 0.452. The SMILES string of the molecule is Oc1cccc(O)c1N=Nc1nc2ccccc2s1. The van der Waals surface area contributed by atoms with Crippen LogP contribution in [0.2, 0.25) is 0 Å². The number of hydrogen-bond donors (Lipinski definition) is 2. The van der Waals surface area contributed by atoms with Crippen molar-refractivity contribution in [2.24, 2.45) is 10.2 Å². The summed E-state index contributed by atoms with van der Waals surface area (Å²) in [5.74, 6) is -0.241. The van der Waals surface area contributed by atoms with E-state index in [9.17, 15) is 10.2 Å². The zero-order valence-corrected chi connectivity index (χ0v) is 10.5. The number of phenols is 2. The van der Waals surface area contributed by atoms with Crippen LogP contribution in [0, 0.1) is 0 Å². The third-order valence-corrected chi connectivity index (χ3v) is 3.43. The van der Waals surface area contributed by atoms with Gasteiger partial charge in [-0.25, -0.2) is 4.98 Å². The van der Waals surface area contributed by atoms with Gasteiger partial charge >= 0.3 is 0 Å². The van der Waals surface area contributed by atoms with Crippen molar-refractivity contribution in [3.63, 3.8) is 0 Å². The average molecular weight is 271 g/mol. The topological polar surface area (TPSA) is 78.1 Å². The molecule has 19 heavy (non-hydrogen) atoms. The van der Waals surface area contributed by atoms with Gasteiger partial charge in [-0.3, -0.25) is 0 Å². The summed E-state index contributed by atoms with van der Waals surface area (Å²) in [6.45, 7) is 0. The number of thiazole rings is 1. The quantitative estimate of drug-likeness (QED) is 0.688. The van der Waals surface area contributed by atoms with Crippen LogP contribution in [0.4, 0.5) is 10.8 Å². The molecule has 0 radical (unpaired) electrons. The van der Waals surface area contributed by atoms with Crippen LogP contribution < -0.4 is 0 Å². The number of aromatic nitrogens is 1. The lowest BCUT2D eigenvalue weighted by Crippen LogP contribution is -1.69. The van der Waals surface area contributed by atoms with Gasteiger partial charge in [-0.15, -0.1) is 10.2 Å². The Kier molecular flexibility index (Phi) is 2.85. The molecule has 0 bridgehead atoms. The smallest absolute Gasteiger partial charge is 0.231 e. The lowest BCUT2D eigenvalue weighted by atomic mass is 10.3. The summed E-state index contributed by atoms with van der Waals surface area (Å²) in [6, 6.07) is 12.1. The van der Waals surface area contributed by atoms with Crippen molar-refractivity contribution < 1.29 is 10.2 Å². The highest BCUT2D eigenvalue weighted by atomic mass is 32.1. The molecular weight excluding hydrogens is 262 g/mol. The fraction of sp³-hybridized carbons (Fsp3) is 0. The number of azo groups is 1. The summed E-state index contributed by atoms with van der Waals surface area (Å²) >= 11 is 1.39. The largest absolute Gasteiger partial charge is 0.505 e. The Balaban J connectivity index is 1.98. The van der Waals surface area contributed by atoms with Gasteiger partial charge in [0.15, 0.2) is 5.69 Å². The number of nitrogens with zero attached hydrogens (tertiary/aromatic N) is 3. The number of phenolic OH excluding ortho intramolecular Hbond substituents is 2. The molecule has 2 N–H and O–H groups in total. The maximum Gasteiger partial charge on any atom is 0.231 e. The van der Waals surface area contributed by atoms with Crippen molar-refractivity contribution in [1.29, 1.82) is 0 Å². The summed E-state index contributed by atoms with van der Waals surface area (Å²) in [5.41, 5.74) is 0.893. The van der Waals surface area contributed by atoms with E-state index in [2.05, 4.69) is 15.2 Å². The van der Waals surface area contributed by atoms with Gasteiger partial charge in [-0.1, -0.05) is 29.5 Å². The molecule has 0 saturated heterocycles. The number of benzene rings is 2. The molecule has 0 saturated carbocycles. The first-order valence-electron chi connectivity index (χ1n) is 5.52. The lowest BCUT2D eigenvalue weighted by Gasteiger charge is -1.98. The predicted molar refractivity (Wildman–Crippen MR) is 73.6 cm³/mol. The molecule has 1 heterocycles. The maximum atomic E-state index is 9.58. The number of rotatable bonds is 2. The molecule has 0 aliphatic rings. The molecule has 0 spiro atoms. The normalized spacial score (nSPS) is 11.4. The van der Waals surface area contributed by atoms with E-state index in [1.165, 1.54) is 29.5 Å². The molecule has 3 aromatic rings. The van der Waals surface area contributed by atoms with E-state index in [0.29, 0.717) is 5.13 Å². The van der Waals surface area contributed by atoms with Crippen molar-refractivity contribution in [3.8, 4) is 11.5 Å². The van der Waals surface area contributed by atoms with E-state index < -0.39 is 0 Å². The van der Waals surface area contributed by atoms with E-state index in [4.69, 9.17) is 0 Å². The van der Waals surface area contributed by atoms with E-state index in [1.54, 1.807) is 0 Å². The molecule has 6 heteroatoms.